The molecule has 0 atom stereocenters. The summed E-state index contributed by atoms with van der Waals surface area (Å²) in [6.45, 7) is 13.3. The Balaban J connectivity index is 2.48. The molecule has 2 aromatic rings. The summed E-state index contributed by atoms with van der Waals surface area (Å²) in [5.74, 6) is 0.249. The first-order valence-corrected chi connectivity index (χ1v) is 8.05. The van der Waals surface area contributed by atoms with Crippen molar-refractivity contribution >= 4 is 11.9 Å². The first kappa shape index (κ1) is 17.3. The maximum atomic E-state index is 9.86. The van der Waals surface area contributed by atoms with Gasteiger partial charge in [0.25, 0.3) is 0 Å². The van der Waals surface area contributed by atoms with Gasteiger partial charge in [0.1, 0.15) is 5.75 Å². The molecule has 0 aliphatic rings. The lowest BCUT2D eigenvalue weighted by atomic mass is 9.80. The number of rotatable bonds is 2. The fourth-order valence-corrected chi connectivity index (χ4v) is 2.29. The van der Waals surface area contributed by atoms with Gasteiger partial charge in [0.15, 0.2) is 0 Å². The Morgan fingerprint density at radius 2 is 1.35 bits per heavy atom. The summed E-state index contributed by atoms with van der Waals surface area (Å²) in [4.78, 5) is 4.60. The topological polar surface area (TPSA) is 32.6 Å². The minimum Gasteiger partial charge on any atom is -0.507 e. The van der Waals surface area contributed by atoms with Crippen LogP contribution in [0.4, 0.5) is 5.69 Å². The van der Waals surface area contributed by atoms with Crippen molar-refractivity contribution in [1.82, 2.24) is 0 Å². The van der Waals surface area contributed by atoms with Crippen molar-refractivity contribution in [3.05, 3.63) is 59.2 Å². The molecule has 2 rings (SSSR count). The Morgan fingerprint density at radius 3 is 1.83 bits per heavy atom. The van der Waals surface area contributed by atoms with E-state index in [0.29, 0.717) is 0 Å². The fourth-order valence-electron chi connectivity index (χ4n) is 2.29. The van der Waals surface area contributed by atoms with E-state index >= 15 is 0 Å². The van der Waals surface area contributed by atoms with E-state index in [1.165, 1.54) is 11.1 Å². The summed E-state index contributed by atoms with van der Waals surface area (Å²) in [6.07, 6.45) is 1.73. The predicted octanol–water partition coefficient (Wildman–Crippen LogP) is 5.74. The standard InChI is InChI=1S/C21H27NO/c1-20(2,3)16-11-17(21(4,5)6)13-18(12-16)22-14-15-9-7-8-10-19(15)23/h7-14,23H,1-6H3. The molecule has 23 heavy (non-hydrogen) atoms. The largest absolute Gasteiger partial charge is 0.507 e. The summed E-state index contributed by atoms with van der Waals surface area (Å²) in [7, 11) is 0. The van der Waals surface area contributed by atoms with Gasteiger partial charge in [-0.05, 0) is 46.2 Å². The van der Waals surface area contributed by atoms with Crippen LogP contribution in [-0.4, -0.2) is 11.3 Å². The van der Waals surface area contributed by atoms with E-state index in [2.05, 4.69) is 64.7 Å². The maximum absolute atomic E-state index is 9.86. The highest BCUT2D eigenvalue weighted by molar-refractivity contribution is 5.85. The van der Waals surface area contributed by atoms with Crippen molar-refractivity contribution < 1.29 is 5.11 Å². The summed E-state index contributed by atoms with van der Waals surface area (Å²) in [5, 5.41) is 9.86. The molecule has 0 bridgehead atoms. The van der Waals surface area contributed by atoms with Crippen molar-refractivity contribution in [2.75, 3.05) is 0 Å². The Kier molecular flexibility index (Phi) is 4.65. The van der Waals surface area contributed by atoms with E-state index < -0.39 is 0 Å². The third-order valence-corrected chi connectivity index (χ3v) is 3.94. The molecular formula is C21H27NO. The molecule has 0 saturated heterocycles. The van der Waals surface area contributed by atoms with Crippen molar-refractivity contribution in [3.8, 4) is 5.75 Å². The molecule has 0 fully saturated rings. The molecule has 0 heterocycles. The second-order valence-corrected chi connectivity index (χ2v) is 8.09. The van der Waals surface area contributed by atoms with E-state index in [-0.39, 0.29) is 16.6 Å². The monoisotopic (exact) mass is 309 g/mol. The van der Waals surface area contributed by atoms with Crippen LogP contribution < -0.4 is 0 Å². The van der Waals surface area contributed by atoms with E-state index in [1.54, 1.807) is 12.3 Å². The summed E-state index contributed by atoms with van der Waals surface area (Å²) in [6, 6.07) is 13.8. The molecule has 0 aromatic heterocycles. The van der Waals surface area contributed by atoms with Gasteiger partial charge < -0.3 is 5.11 Å². The maximum Gasteiger partial charge on any atom is 0.124 e. The lowest BCUT2D eigenvalue weighted by Crippen LogP contribution is -2.16. The molecule has 2 heteroatoms. The normalized spacial score (nSPS) is 12.8. The Labute approximate surface area is 139 Å². The van der Waals surface area contributed by atoms with Gasteiger partial charge in [-0.1, -0.05) is 59.7 Å². The predicted molar refractivity (Wildman–Crippen MR) is 99.2 cm³/mol. The Morgan fingerprint density at radius 1 is 0.826 bits per heavy atom. The highest BCUT2D eigenvalue weighted by atomic mass is 16.3. The number of phenols is 1. The van der Waals surface area contributed by atoms with Crippen LogP contribution in [0, 0.1) is 0 Å². The van der Waals surface area contributed by atoms with Gasteiger partial charge in [-0.3, -0.25) is 4.99 Å². The molecule has 0 radical (unpaired) electrons. The molecule has 0 unspecified atom stereocenters. The van der Waals surface area contributed by atoms with Crippen LogP contribution in [0.1, 0.15) is 58.2 Å². The number of phenolic OH excluding ortho intramolecular Hbond substituents is 1. The lowest BCUT2D eigenvalue weighted by molar-refractivity contribution is 0.474. The van der Waals surface area contributed by atoms with E-state index in [4.69, 9.17) is 0 Å². The highest BCUT2D eigenvalue weighted by Crippen LogP contribution is 2.33. The quantitative estimate of drug-likeness (QED) is 0.705. The molecule has 0 saturated carbocycles. The molecule has 0 spiro atoms. The highest BCUT2D eigenvalue weighted by Gasteiger charge is 2.20. The number of hydrogen-bond donors (Lipinski definition) is 1. The zero-order chi connectivity index (χ0) is 17.3. The Hall–Kier alpha value is -2.09. The zero-order valence-corrected chi connectivity index (χ0v) is 15.0. The van der Waals surface area contributed by atoms with Crippen LogP contribution in [0.3, 0.4) is 0 Å². The average Bonchev–Trinajstić information content (AvgIpc) is 2.44. The SMILES string of the molecule is CC(C)(C)c1cc(N=Cc2ccccc2O)cc(C(C)(C)C)c1. The number of benzene rings is 2. The van der Waals surface area contributed by atoms with Gasteiger partial charge in [-0.2, -0.15) is 0 Å². The number of hydrogen-bond acceptors (Lipinski definition) is 2. The van der Waals surface area contributed by atoms with Crippen molar-refractivity contribution in [2.24, 2.45) is 4.99 Å². The van der Waals surface area contributed by atoms with Crippen LogP contribution in [0.15, 0.2) is 47.5 Å². The molecule has 2 aromatic carbocycles. The van der Waals surface area contributed by atoms with E-state index in [0.717, 1.165) is 11.3 Å². The molecular weight excluding hydrogens is 282 g/mol. The van der Waals surface area contributed by atoms with Crippen LogP contribution in [0.25, 0.3) is 0 Å². The molecule has 122 valence electrons. The second kappa shape index (κ2) is 6.19. The minimum absolute atomic E-state index is 0.0699. The van der Waals surface area contributed by atoms with Crippen molar-refractivity contribution in [1.29, 1.82) is 0 Å². The number of nitrogens with zero attached hydrogens (tertiary/aromatic N) is 1. The van der Waals surface area contributed by atoms with Crippen LogP contribution in [-0.2, 0) is 10.8 Å². The average molecular weight is 309 g/mol. The van der Waals surface area contributed by atoms with Gasteiger partial charge in [0.2, 0.25) is 0 Å². The second-order valence-electron chi connectivity index (χ2n) is 8.09. The van der Waals surface area contributed by atoms with Crippen LogP contribution in [0.2, 0.25) is 0 Å². The summed E-state index contributed by atoms with van der Waals surface area (Å²) < 4.78 is 0. The summed E-state index contributed by atoms with van der Waals surface area (Å²) >= 11 is 0. The molecule has 1 N–H and O–H groups in total. The van der Waals surface area contributed by atoms with Gasteiger partial charge in [-0.25, -0.2) is 0 Å². The molecule has 0 aliphatic heterocycles. The first-order valence-electron chi connectivity index (χ1n) is 8.05. The minimum atomic E-state index is 0.0699. The molecule has 2 nitrogen and oxygen atoms in total. The number of aromatic hydroxyl groups is 1. The van der Waals surface area contributed by atoms with Crippen molar-refractivity contribution in [2.45, 2.75) is 52.4 Å². The summed E-state index contributed by atoms with van der Waals surface area (Å²) in [5.41, 5.74) is 4.33. The third kappa shape index (κ3) is 4.44. The third-order valence-electron chi connectivity index (χ3n) is 3.94. The molecule has 0 amide bonds. The lowest BCUT2D eigenvalue weighted by Gasteiger charge is -2.25. The smallest absolute Gasteiger partial charge is 0.124 e. The van der Waals surface area contributed by atoms with Gasteiger partial charge in [0.05, 0.1) is 5.69 Å². The number of aliphatic imine (C=N–C) groups is 1. The number of para-hydroxylation sites is 1. The van der Waals surface area contributed by atoms with Crippen molar-refractivity contribution in [3.63, 3.8) is 0 Å². The van der Waals surface area contributed by atoms with Gasteiger partial charge >= 0.3 is 0 Å². The van der Waals surface area contributed by atoms with E-state index in [9.17, 15) is 5.11 Å². The first-order chi connectivity index (χ1) is 10.6. The van der Waals surface area contributed by atoms with E-state index in [1.807, 2.05) is 18.2 Å². The fraction of sp³-hybridized carbons (Fsp3) is 0.381. The van der Waals surface area contributed by atoms with Crippen LogP contribution >= 0.6 is 0 Å². The van der Waals surface area contributed by atoms with Gasteiger partial charge in [0, 0.05) is 11.8 Å². The van der Waals surface area contributed by atoms with Gasteiger partial charge in [-0.15, -0.1) is 0 Å². The van der Waals surface area contributed by atoms with Crippen LogP contribution in [0.5, 0.6) is 5.75 Å². The molecule has 0 aliphatic carbocycles. The Bertz CT molecular complexity index is 683. The zero-order valence-electron chi connectivity index (χ0n) is 15.0.